The van der Waals surface area contributed by atoms with Gasteiger partial charge in [0, 0.05) is 43.0 Å². The Morgan fingerprint density at radius 2 is 0.653 bits per heavy atom. The molecule has 0 aromatic heterocycles. The molecule has 0 fully saturated rings. The third-order valence-electron chi connectivity index (χ3n) is 9.50. The number of hydrogen-bond acceptors (Lipinski definition) is 2. The van der Waals surface area contributed by atoms with Gasteiger partial charge in [-0.25, -0.2) is 0 Å². The SMILES string of the molecule is Cc1ccc(P(=O)(c2ccccc2)c2ccc3ccccc3c2-c2c(P(=O)(c3ccccc3)c3ccccc3)ccc3ccccc23)cc1. The molecule has 0 bridgehead atoms. The van der Waals surface area contributed by atoms with Crippen LogP contribution in [0.5, 0.6) is 0 Å². The van der Waals surface area contributed by atoms with Gasteiger partial charge in [0.1, 0.15) is 0 Å². The van der Waals surface area contributed by atoms with E-state index in [4.69, 9.17) is 0 Å². The van der Waals surface area contributed by atoms with Crippen molar-refractivity contribution in [3.63, 3.8) is 0 Å². The minimum absolute atomic E-state index is 0.727. The minimum atomic E-state index is -3.49. The summed E-state index contributed by atoms with van der Waals surface area (Å²) in [5.74, 6) is 0. The summed E-state index contributed by atoms with van der Waals surface area (Å²) in [5, 5.41) is 8.46. The van der Waals surface area contributed by atoms with Crippen LogP contribution in [0.1, 0.15) is 5.56 Å². The van der Waals surface area contributed by atoms with Crippen molar-refractivity contribution < 1.29 is 9.13 Å². The molecular formula is C45H34O2P2. The fraction of sp³-hybridized carbons (Fsp3) is 0.0222. The Bertz CT molecular complexity index is 2500. The lowest BCUT2D eigenvalue weighted by Gasteiger charge is -2.28. The summed E-state index contributed by atoms with van der Waals surface area (Å²) in [4.78, 5) is 0. The molecule has 4 heteroatoms. The number of fused-ring (bicyclic) bond motifs is 2. The first kappa shape index (κ1) is 31.0. The van der Waals surface area contributed by atoms with Crippen LogP contribution in [0.25, 0.3) is 32.7 Å². The maximum Gasteiger partial charge on any atom is 0.171 e. The lowest BCUT2D eigenvalue weighted by Crippen LogP contribution is -2.30. The molecule has 0 radical (unpaired) electrons. The van der Waals surface area contributed by atoms with Gasteiger partial charge in [-0.15, -0.1) is 0 Å². The molecule has 0 aliphatic heterocycles. The van der Waals surface area contributed by atoms with Gasteiger partial charge >= 0.3 is 0 Å². The van der Waals surface area contributed by atoms with Crippen molar-refractivity contribution >= 4 is 67.7 Å². The highest BCUT2D eigenvalue weighted by molar-refractivity contribution is 7.86. The summed E-state index contributed by atoms with van der Waals surface area (Å²) < 4.78 is 32.6. The van der Waals surface area contributed by atoms with Crippen LogP contribution in [-0.2, 0) is 9.13 Å². The largest absolute Gasteiger partial charge is 0.309 e. The molecule has 0 saturated heterocycles. The van der Waals surface area contributed by atoms with Crippen LogP contribution in [0.3, 0.4) is 0 Å². The van der Waals surface area contributed by atoms with Crippen LogP contribution in [0.15, 0.2) is 188 Å². The van der Waals surface area contributed by atoms with E-state index >= 15 is 9.13 Å². The zero-order valence-corrected chi connectivity index (χ0v) is 28.9. The van der Waals surface area contributed by atoms with Gasteiger partial charge in [-0.3, -0.25) is 0 Å². The van der Waals surface area contributed by atoms with Crippen LogP contribution in [0.2, 0.25) is 0 Å². The molecule has 1 unspecified atom stereocenters. The molecule has 49 heavy (non-hydrogen) atoms. The van der Waals surface area contributed by atoms with E-state index in [2.05, 4.69) is 36.4 Å². The first-order valence-electron chi connectivity index (χ1n) is 16.5. The monoisotopic (exact) mass is 668 g/mol. The molecule has 2 nitrogen and oxygen atoms in total. The van der Waals surface area contributed by atoms with Crippen LogP contribution in [0.4, 0.5) is 0 Å². The second-order valence-electron chi connectivity index (χ2n) is 12.4. The molecule has 8 aromatic carbocycles. The van der Waals surface area contributed by atoms with Crippen molar-refractivity contribution in [2.45, 2.75) is 6.92 Å². The molecule has 0 aliphatic carbocycles. The van der Waals surface area contributed by atoms with E-state index in [0.29, 0.717) is 0 Å². The second-order valence-corrected chi connectivity index (χ2v) is 17.9. The minimum Gasteiger partial charge on any atom is -0.309 e. The zero-order chi connectivity index (χ0) is 33.4. The highest BCUT2D eigenvalue weighted by Gasteiger charge is 2.38. The third kappa shape index (κ3) is 5.21. The highest BCUT2D eigenvalue weighted by Crippen LogP contribution is 2.51. The summed E-state index contributed by atoms with van der Waals surface area (Å²) in [5.41, 5.74) is 2.80. The second kappa shape index (κ2) is 12.6. The number of benzene rings is 8. The molecular weight excluding hydrogens is 634 g/mol. The Hall–Kier alpha value is -5.26. The summed E-state index contributed by atoms with van der Waals surface area (Å²) >= 11 is 0. The van der Waals surface area contributed by atoms with Gasteiger partial charge in [0.15, 0.2) is 14.3 Å². The van der Waals surface area contributed by atoms with Crippen LogP contribution in [0, 0.1) is 6.92 Å². The summed E-state index contributed by atoms with van der Waals surface area (Å²) in [6.45, 7) is 2.05. The van der Waals surface area contributed by atoms with Gasteiger partial charge in [0.25, 0.3) is 0 Å². The Morgan fingerprint density at radius 3 is 1.04 bits per heavy atom. The quantitative estimate of drug-likeness (QED) is 0.159. The van der Waals surface area contributed by atoms with Crippen molar-refractivity contribution in [1.29, 1.82) is 0 Å². The first-order chi connectivity index (χ1) is 24.0. The van der Waals surface area contributed by atoms with Crippen LogP contribution >= 0.6 is 14.3 Å². The summed E-state index contributed by atoms with van der Waals surface area (Å²) in [6, 6.07) is 62.3. The van der Waals surface area contributed by atoms with Crippen LogP contribution in [-0.4, -0.2) is 0 Å². The Morgan fingerprint density at radius 1 is 0.327 bits per heavy atom. The normalized spacial score (nSPS) is 12.9. The van der Waals surface area contributed by atoms with Crippen molar-refractivity contribution in [3.8, 4) is 11.1 Å². The first-order valence-corrected chi connectivity index (χ1v) is 19.9. The van der Waals surface area contributed by atoms with Crippen molar-refractivity contribution in [2.24, 2.45) is 0 Å². The molecule has 0 amide bonds. The lowest BCUT2D eigenvalue weighted by molar-refractivity contribution is 0.591. The topological polar surface area (TPSA) is 34.1 Å². The number of aryl methyl sites for hydroxylation is 1. The van der Waals surface area contributed by atoms with Gasteiger partial charge in [0.2, 0.25) is 0 Å². The average molecular weight is 669 g/mol. The van der Waals surface area contributed by atoms with Crippen molar-refractivity contribution in [2.75, 3.05) is 0 Å². The molecule has 0 heterocycles. The standard InChI is InChI=1S/C45H34O2P2/c1-33-25-29-39(30-26-33)49(47,38-21-9-4-10-22-38)43-32-28-35-16-12-14-24-41(35)45(43)44-40-23-13-11-15-34(40)27-31-42(44)48(46,36-17-5-2-6-18-36)37-19-7-3-8-20-37/h2-32H,1H3. The lowest BCUT2D eigenvalue weighted by atomic mass is 9.93. The van der Waals surface area contributed by atoms with Gasteiger partial charge in [-0.1, -0.05) is 181 Å². The highest BCUT2D eigenvalue weighted by atomic mass is 31.2. The molecule has 1 atom stereocenters. The Balaban J connectivity index is 1.59. The smallest absolute Gasteiger partial charge is 0.171 e. The molecule has 0 aliphatic rings. The third-order valence-corrected chi connectivity index (χ3v) is 15.7. The summed E-state index contributed by atoms with van der Waals surface area (Å²) in [6.07, 6.45) is 0. The summed E-state index contributed by atoms with van der Waals surface area (Å²) in [7, 11) is -6.96. The van der Waals surface area contributed by atoms with E-state index in [-0.39, 0.29) is 0 Å². The molecule has 0 spiro atoms. The van der Waals surface area contributed by atoms with E-state index in [1.54, 1.807) is 0 Å². The van der Waals surface area contributed by atoms with E-state index in [1.807, 2.05) is 159 Å². The predicted molar refractivity (Wildman–Crippen MR) is 210 cm³/mol. The van der Waals surface area contributed by atoms with Gasteiger partial charge < -0.3 is 9.13 Å². The fourth-order valence-electron chi connectivity index (χ4n) is 7.09. The van der Waals surface area contributed by atoms with E-state index in [9.17, 15) is 0 Å². The van der Waals surface area contributed by atoms with Crippen LogP contribution < -0.4 is 31.8 Å². The average Bonchev–Trinajstić information content (AvgIpc) is 3.17. The van der Waals surface area contributed by atoms with Gasteiger partial charge in [-0.2, -0.15) is 0 Å². The van der Waals surface area contributed by atoms with Gasteiger partial charge in [0.05, 0.1) is 0 Å². The van der Waals surface area contributed by atoms with E-state index < -0.39 is 14.3 Å². The Kier molecular flexibility index (Phi) is 8.01. The van der Waals surface area contributed by atoms with E-state index in [0.717, 1.165) is 70.1 Å². The number of hydrogen-bond donors (Lipinski definition) is 0. The molecule has 236 valence electrons. The molecule has 0 N–H and O–H groups in total. The molecule has 8 aromatic rings. The van der Waals surface area contributed by atoms with Crippen molar-refractivity contribution in [1.82, 2.24) is 0 Å². The zero-order valence-electron chi connectivity index (χ0n) is 27.1. The van der Waals surface area contributed by atoms with Gasteiger partial charge in [-0.05, 0) is 40.6 Å². The molecule has 8 rings (SSSR count). The fourth-order valence-corrected chi connectivity index (χ4v) is 12.8. The predicted octanol–water partition coefficient (Wildman–Crippen LogP) is 9.25. The Labute approximate surface area is 287 Å². The molecule has 0 saturated carbocycles. The maximum atomic E-state index is 16.3. The maximum absolute atomic E-state index is 16.3. The van der Waals surface area contributed by atoms with E-state index in [1.165, 1.54) is 0 Å². The number of rotatable bonds is 7. The van der Waals surface area contributed by atoms with Crippen molar-refractivity contribution in [3.05, 3.63) is 194 Å².